The summed E-state index contributed by atoms with van der Waals surface area (Å²) in [4.78, 5) is 80.5. The van der Waals surface area contributed by atoms with Gasteiger partial charge in [-0.15, -0.1) is 0 Å². The van der Waals surface area contributed by atoms with Crippen LogP contribution in [0.2, 0.25) is 5.02 Å². The van der Waals surface area contributed by atoms with Gasteiger partial charge in [0.25, 0.3) is 0 Å². The van der Waals surface area contributed by atoms with Gasteiger partial charge in [0.15, 0.2) is 0 Å². The summed E-state index contributed by atoms with van der Waals surface area (Å²) in [6.45, 7) is 10.3. The average molecular weight is 1410 g/mol. The molecule has 0 spiro atoms. The van der Waals surface area contributed by atoms with Crippen molar-refractivity contribution in [3.05, 3.63) is 231 Å². The molecular formula is C78H69ClN26. The quantitative estimate of drug-likeness (QED) is 0.0469. The van der Waals surface area contributed by atoms with E-state index in [0.29, 0.717) is 47.9 Å². The zero-order valence-corrected chi connectivity index (χ0v) is 58.3. The van der Waals surface area contributed by atoms with Gasteiger partial charge in [-0.1, -0.05) is 56.5 Å². The first-order chi connectivity index (χ1) is 51.7. The zero-order valence-electron chi connectivity index (χ0n) is 57.6. The molecule has 105 heavy (non-hydrogen) atoms. The van der Waals surface area contributed by atoms with Gasteiger partial charge < -0.3 is 42.5 Å². The molecule has 26 nitrogen and oxygen atoms in total. The highest BCUT2D eigenvalue weighted by atomic mass is 35.5. The normalized spacial score (nSPS) is 11.8. The van der Waals surface area contributed by atoms with Crippen molar-refractivity contribution in [1.29, 1.82) is 0 Å². The van der Waals surface area contributed by atoms with E-state index in [-0.39, 0.29) is 0 Å². The van der Waals surface area contributed by atoms with Crippen LogP contribution in [-0.2, 0) is 13.1 Å². The number of anilines is 12. The van der Waals surface area contributed by atoms with E-state index in [9.17, 15) is 0 Å². The number of benzene rings is 1. The summed E-state index contributed by atoms with van der Waals surface area (Å²) < 4.78 is 0. The van der Waals surface area contributed by atoms with Gasteiger partial charge in [0.05, 0.1) is 94.4 Å². The highest BCUT2D eigenvalue weighted by molar-refractivity contribution is 6.31. The summed E-state index contributed by atoms with van der Waals surface area (Å²) in [6.07, 6.45) is 36.6. The lowest BCUT2D eigenvalue weighted by molar-refractivity contribution is 0.684. The van der Waals surface area contributed by atoms with Gasteiger partial charge in [0.1, 0.15) is 23.3 Å². The molecule has 4 aliphatic rings. The third-order valence-electron chi connectivity index (χ3n) is 17.4. The van der Waals surface area contributed by atoms with Crippen molar-refractivity contribution < 1.29 is 0 Å². The molecule has 0 aliphatic carbocycles. The molecule has 13 aromatic heterocycles. The van der Waals surface area contributed by atoms with E-state index in [1.807, 2.05) is 129 Å². The molecule has 0 radical (unpaired) electrons. The molecule has 518 valence electrons. The fourth-order valence-electron chi connectivity index (χ4n) is 12.3. The van der Waals surface area contributed by atoms with E-state index in [4.69, 9.17) is 31.5 Å². The second kappa shape index (κ2) is 31.2. The second-order valence-corrected chi connectivity index (χ2v) is 25.1. The number of hydrogen-bond donors (Lipinski definition) is 8. The second-order valence-electron chi connectivity index (χ2n) is 24.7. The molecule has 8 N–H and O–H groups in total. The molecule has 1 atom stereocenters. The predicted octanol–water partition coefficient (Wildman–Crippen LogP) is 16.4. The van der Waals surface area contributed by atoms with E-state index >= 15 is 0 Å². The standard InChI is InChI=1S/C21H15ClN6.C20H16N8.C19H20N6.C18H18N6/c22-17-6-2-1-4-13(17)10-25-21-26-11-16-14-7-9-23-12-18(14)27-20-15(19(16)28-21)5-3-8-24-20;1-12-7-24-13(8-23-12)9-25-20-26-10-16-14-4-6-21-11-17(14)27-19-15(18(16)28-20)3-2-5-22-19;1-3-5-12(2)23-19-22-10-15-13-7-9-20-11-16(13)24-18-14(17(15)25-19)6-4-8-21-18;1-2-3-7-21-18-22-10-14-12-6-9-19-11-15(12)23-17-13(16(14)24-18)5-4-8-20-17/h1-9,11-12H,10H2,(H,24,27)(H,25,26,28);2-8,10-11H,9H2,1H3,(H,22,27)(H,25,26,28);4,6-12H,3,5H2,1-2H3,(H,21,24)(H,22,23,25);4-6,8-11H,2-3,7H2,1H3,(H,20,23)(H,21,22,24). The number of nitrogens with one attached hydrogen (secondary N) is 8. The van der Waals surface area contributed by atoms with Crippen LogP contribution in [0, 0.1) is 6.92 Å². The van der Waals surface area contributed by atoms with Crippen molar-refractivity contribution in [1.82, 2.24) is 89.7 Å². The maximum absolute atomic E-state index is 6.25. The Labute approximate surface area is 609 Å². The molecule has 0 amide bonds. The van der Waals surface area contributed by atoms with Crippen molar-refractivity contribution in [3.8, 4) is 89.5 Å². The number of pyridine rings is 8. The van der Waals surface area contributed by atoms with Crippen molar-refractivity contribution in [3.63, 3.8) is 0 Å². The summed E-state index contributed by atoms with van der Waals surface area (Å²) in [5.41, 5.74) is 21.2. The van der Waals surface area contributed by atoms with Crippen LogP contribution in [0.15, 0.2) is 209 Å². The molecule has 17 heterocycles. The third-order valence-corrected chi connectivity index (χ3v) is 17.8. The Bertz CT molecular complexity index is 5450. The molecule has 0 fully saturated rings. The lowest BCUT2D eigenvalue weighted by Crippen LogP contribution is -2.16. The van der Waals surface area contributed by atoms with E-state index in [1.165, 1.54) is 0 Å². The molecule has 14 aromatic rings. The highest BCUT2D eigenvalue weighted by Crippen LogP contribution is 2.46. The molecule has 1 unspecified atom stereocenters. The minimum Gasteiger partial charge on any atom is -0.354 e. The summed E-state index contributed by atoms with van der Waals surface area (Å²) in [6, 6.07) is 31.6. The number of unbranched alkanes of at least 4 members (excludes halogenated alkanes) is 1. The van der Waals surface area contributed by atoms with E-state index in [1.54, 1.807) is 86.8 Å². The Morgan fingerprint density at radius 1 is 0.362 bits per heavy atom. The first kappa shape index (κ1) is 67.3. The fourth-order valence-corrected chi connectivity index (χ4v) is 12.5. The van der Waals surface area contributed by atoms with Gasteiger partial charge >= 0.3 is 0 Å². The van der Waals surface area contributed by atoms with E-state index < -0.39 is 0 Å². The summed E-state index contributed by atoms with van der Waals surface area (Å²) >= 11 is 6.25. The molecule has 18 rings (SSSR count). The van der Waals surface area contributed by atoms with Crippen LogP contribution in [0.25, 0.3) is 89.5 Å². The topological polar surface area (TPSA) is 328 Å². The number of fused-ring (bicyclic) bond motifs is 20. The van der Waals surface area contributed by atoms with Crippen LogP contribution in [-0.4, -0.2) is 102 Å². The fraction of sp³-hybridized carbons (Fsp3) is 0.154. The number of aryl methyl sites for hydroxylation is 1. The lowest BCUT2D eigenvalue weighted by Gasteiger charge is -2.15. The first-order valence-electron chi connectivity index (χ1n) is 34.3. The van der Waals surface area contributed by atoms with E-state index in [2.05, 4.69) is 133 Å². The predicted molar refractivity (Wildman–Crippen MR) is 411 cm³/mol. The monoisotopic (exact) mass is 1400 g/mol. The molecule has 4 aliphatic heterocycles. The number of rotatable bonds is 14. The maximum Gasteiger partial charge on any atom is 0.223 e. The zero-order chi connectivity index (χ0) is 71.4. The molecule has 1 aromatic carbocycles. The van der Waals surface area contributed by atoms with Crippen molar-refractivity contribution in [2.24, 2.45) is 0 Å². The summed E-state index contributed by atoms with van der Waals surface area (Å²) in [7, 11) is 0. The molecule has 0 saturated carbocycles. The van der Waals surface area contributed by atoms with Crippen LogP contribution in [0.4, 0.5) is 69.8 Å². The number of nitrogens with zero attached hydrogens (tertiary/aromatic N) is 18. The molecule has 27 heteroatoms. The molecule has 0 bridgehead atoms. The Morgan fingerprint density at radius 3 is 1.16 bits per heavy atom. The first-order valence-corrected chi connectivity index (χ1v) is 34.7. The Hall–Kier alpha value is -13.5. The Morgan fingerprint density at radius 2 is 0.762 bits per heavy atom. The van der Waals surface area contributed by atoms with Gasteiger partial charge in [-0.3, -0.25) is 29.9 Å². The number of hydrogen-bond acceptors (Lipinski definition) is 26. The largest absolute Gasteiger partial charge is 0.354 e. The average Bonchev–Trinajstić information content (AvgIpc) is 1.68. The minimum atomic E-state index is 0.330. The van der Waals surface area contributed by atoms with E-state index in [0.717, 1.165) is 185 Å². The van der Waals surface area contributed by atoms with Gasteiger partial charge in [0.2, 0.25) is 23.8 Å². The molecule has 0 saturated heterocycles. The highest BCUT2D eigenvalue weighted by Gasteiger charge is 2.27. The van der Waals surface area contributed by atoms with Crippen LogP contribution in [0.1, 0.15) is 63.4 Å². The summed E-state index contributed by atoms with van der Waals surface area (Å²) in [5, 5.41) is 27.3. The van der Waals surface area contributed by atoms with Crippen LogP contribution >= 0.6 is 11.6 Å². The third kappa shape index (κ3) is 15.0. The lowest BCUT2D eigenvalue weighted by atomic mass is 10.0. The van der Waals surface area contributed by atoms with Crippen LogP contribution in [0.5, 0.6) is 0 Å². The maximum atomic E-state index is 6.25. The Kier molecular flexibility index (Phi) is 20.0. The van der Waals surface area contributed by atoms with Crippen molar-refractivity contribution in [2.75, 3.05) is 49.1 Å². The Balaban J connectivity index is 0.000000113. The minimum absolute atomic E-state index is 0.330. The van der Waals surface area contributed by atoms with Crippen molar-refractivity contribution in [2.45, 2.75) is 72.5 Å². The van der Waals surface area contributed by atoms with Gasteiger partial charge in [0, 0.05) is 171 Å². The smallest absolute Gasteiger partial charge is 0.223 e. The van der Waals surface area contributed by atoms with Gasteiger partial charge in [-0.25, -0.2) is 59.8 Å². The van der Waals surface area contributed by atoms with Gasteiger partial charge in [-0.05, 0) is 111 Å². The summed E-state index contributed by atoms with van der Waals surface area (Å²) in [5.74, 6) is 5.39. The SMILES string of the molecule is CCCC(C)Nc1ncc2c(n1)-c1cccnc1Nc1cnccc1-2.CCCCNc1ncc2c(n1)-c1cccnc1Nc1cnccc1-2.Cc1cnc(CNc2ncc3c(n2)-c2cccnc2Nc2cnccc2-3)cn1.Clc1ccccc1CNc1ncc2c(n1)-c1cccnc1Nc1cnccc1-2. The van der Waals surface area contributed by atoms with Crippen LogP contribution in [0.3, 0.4) is 0 Å². The van der Waals surface area contributed by atoms with Gasteiger partial charge in [-0.2, -0.15) is 0 Å². The number of aromatic nitrogens is 18. The van der Waals surface area contributed by atoms with Crippen molar-refractivity contribution >= 4 is 81.4 Å². The van der Waals surface area contributed by atoms with Crippen LogP contribution < -0.4 is 42.5 Å². The molecular weight excluding hydrogens is 1340 g/mol. The number of halogens is 1.